The highest BCUT2D eigenvalue weighted by Crippen LogP contribution is 2.34. The minimum atomic E-state index is -0.916. The van der Waals surface area contributed by atoms with Gasteiger partial charge in [-0.3, -0.25) is 0 Å². The molecular weight excluding hydrogens is 242 g/mol. The molecule has 1 heterocycles. The van der Waals surface area contributed by atoms with Crippen molar-refractivity contribution in [2.75, 3.05) is 5.32 Å². The minimum Gasteiger partial charge on any atom is -0.480 e. The molecule has 2 rings (SSSR count). The number of hydrogen-bond donors (Lipinski definition) is 2. The number of carboxylic acid groups (broad SMARTS) is 1. The number of rotatable bonds is 3. The molecule has 1 aromatic heterocycles. The number of pyridine rings is 1. The fourth-order valence-electron chi connectivity index (χ4n) is 2.49. The van der Waals surface area contributed by atoms with Crippen LogP contribution >= 0.6 is 0 Å². The van der Waals surface area contributed by atoms with Gasteiger partial charge in [-0.15, -0.1) is 0 Å². The molecule has 1 aliphatic rings. The number of aromatic nitrogens is 1. The molecule has 0 atom stereocenters. The Morgan fingerprint density at radius 2 is 2.26 bits per heavy atom. The zero-order valence-corrected chi connectivity index (χ0v) is 10.9. The van der Waals surface area contributed by atoms with Gasteiger partial charge in [-0.1, -0.05) is 6.92 Å². The van der Waals surface area contributed by atoms with Crippen LogP contribution in [0.25, 0.3) is 0 Å². The van der Waals surface area contributed by atoms with Crippen molar-refractivity contribution in [1.82, 2.24) is 4.98 Å². The first-order valence-corrected chi connectivity index (χ1v) is 6.43. The molecule has 1 saturated carbocycles. The number of aliphatic carboxylic acids is 1. The zero-order valence-electron chi connectivity index (χ0n) is 10.9. The molecule has 0 radical (unpaired) electrons. The second-order valence-electron chi connectivity index (χ2n) is 5.24. The number of anilines is 1. The van der Waals surface area contributed by atoms with Crippen LogP contribution in [0.4, 0.5) is 5.69 Å². The maximum atomic E-state index is 11.6. The average Bonchev–Trinajstić information content (AvgIpc) is 2.41. The molecule has 0 aromatic carbocycles. The highest BCUT2D eigenvalue weighted by Gasteiger charge is 2.41. The lowest BCUT2D eigenvalue weighted by Crippen LogP contribution is -2.48. The van der Waals surface area contributed by atoms with E-state index in [0.717, 1.165) is 12.8 Å². The lowest BCUT2D eigenvalue weighted by Gasteiger charge is -2.37. The van der Waals surface area contributed by atoms with Gasteiger partial charge >= 0.3 is 5.97 Å². The molecule has 1 aromatic rings. The van der Waals surface area contributed by atoms with Crippen molar-refractivity contribution in [2.24, 2.45) is 5.92 Å². The first kappa shape index (κ1) is 13.3. The highest BCUT2D eigenvalue weighted by molar-refractivity contribution is 5.83. The van der Waals surface area contributed by atoms with E-state index in [1.165, 1.54) is 6.20 Å². The van der Waals surface area contributed by atoms with E-state index in [9.17, 15) is 9.90 Å². The summed E-state index contributed by atoms with van der Waals surface area (Å²) in [6, 6.07) is 5.24. The molecule has 0 saturated heterocycles. The van der Waals surface area contributed by atoms with Gasteiger partial charge < -0.3 is 10.4 Å². The van der Waals surface area contributed by atoms with E-state index in [1.807, 2.05) is 6.07 Å². The number of carboxylic acids is 1. The van der Waals surface area contributed by atoms with Crippen LogP contribution in [0.15, 0.2) is 18.3 Å². The van der Waals surface area contributed by atoms with Gasteiger partial charge in [-0.05, 0) is 43.7 Å². The maximum Gasteiger partial charge on any atom is 0.329 e. The maximum absolute atomic E-state index is 11.6. The van der Waals surface area contributed by atoms with E-state index in [1.54, 1.807) is 12.1 Å². The Hall–Kier alpha value is -2.09. The van der Waals surface area contributed by atoms with Crippen LogP contribution in [-0.4, -0.2) is 21.6 Å². The van der Waals surface area contributed by atoms with Crippen molar-refractivity contribution in [3.8, 4) is 6.07 Å². The Morgan fingerprint density at radius 1 is 1.58 bits per heavy atom. The summed E-state index contributed by atoms with van der Waals surface area (Å²) in [6.45, 7) is 2.14. The van der Waals surface area contributed by atoms with Crippen LogP contribution in [0.5, 0.6) is 0 Å². The Bertz CT molecular complexity index is 514. The number of nitriles is 1. The van der Waals surface area contributed by atoms with Crippen molar-refractivity contribution in [2.45, 2.75) is 38.1 Å². The van der Waals surface area contributed by atoms with Gasteiger partial charge in [-0.2, -0.15) is 5.26 Å². The third-order valence-corrected chi connectivity index (χ3v) is 3.80. The highest BCUT2D eigenvalue weighted by atomic mass is 16.4. The second-order valence-corrected chi connectivity index (χ2v) is 5.24. The molecule has 0 aliphatic heterocycles. The summed E-state index contributed by atoms with van der Waals surface area (Å²) in [4.78, 5) is 15.5. The monoisotopic (exact) mass is 259 g/mol. The third kappa shape index (κ3) is 2.84. The van der Waals surface area contributed by atoms with E-state index < -0.39 is 11.5 Å². The van der Waals surface area contributed by atoms with Crippen molar-refractivity contribution >= 4 is 11.7 Å². The normalized spacial score (nSPS) is 26.4. The van der Waals surface area contributed by atoms with Crippen molar-refractivity contribution in [3.05, 3.63) is 24.0 Å². The topological polar surface area (TPSA) is 86.0 Å². The molecule has 0 amide bonds. The first-order valence-electron chi connectivity index (χ1n) is 6.43. The lowest BCUT2D eigenvalue weighted by atomic mass is 9.77. The molecule has 0 bridgehead atoms. The average molecular weight is 259 g/mol. The molecule has 1 aliphatic carbocycles. The number of nitrogens with zero attached hydrogens (tertiary/aromatic N) is 2. The van der Waals surface area contributed by atoms with Gasteiger partial charge in [0, 0.05) is 11.9 Å². The smallest absolute Gasteiger partial charge is 0.329 e. The zero-order chi connectivity index (χ0) is 13.9. The van der Waals surface area contributed by atoms with Crippen molar-refractivity contribution < 1.29 is 9.90 Å². The summed E-state index contributed by atoms with van der Waals surface area (Å²) in [5.41, 5.74) is 0.0128. The summed E-state index contributed by atoms with van der Waals surface area (Å²) < 4.78 is 0. The van der Waals surface area contributed by atoms with E-state index >= 15 is 0 Å². The second kappa shape index (κ2) is 5.27. The van der Waals surface area contributed by atoms with E-state index in [2.05, 4.69) is 17.2 Å². The van der Waals surface area contributed by atoms with Crippen LogP contribution in [0, 0.1) is 17.2 Å². The standard InChI is InChI=1S/C14H17N3O2/c1-10-2-5-14(6-3-10,13(18)19)17-11-4-7-16-12(8-11)9-15/h4,7-8,10H,2-3,5-6H2,1H3,(H,16,17)(H,18,19). The van der Waals surface area contributed by atoms with Crippen molar-refractivity contribution in [3.63, 3.8) is 0 Å². The summed E-state index contributed by atoms with van der Waals surface area (Å²) in [6.07, 6.45) is 4.52. The van der Waals surface area contributed by atoms with E-state index in [4.69, 9.17) is 5.26 Å². The Kier molecular flexibility index (Phi) is 3.70. The molecule has 5 heteroatoms. The summed E-state index contributed by atoms with van der Waals surface area (Å²) in [5.74, 6) is -0.254. The Labute approximate surface area is 112 Å². The summed E-state index contributed by atoms with van der Waals surface area (Å²) >= 11 is 0. The van der Waals surface area contributed by atoms with Gasteiger partial charge in [-0.25, -0.2) is 9.78 Å². The molecule has 2 N–H and O–H groups in total. The van der Waals surface area contributed by atoms with Crippen LogP contribution in [0.1, 0.15) is 38.3 Å². The van der Waals surface area contributed by atoms with Gasteiger partial charge in [0.05, 0.1) is 0 Å². The van der Waals surface area contributed by atoms with Gasteiger partial charge in [0.25, 0.3) is 0 Å². The minimum absolute atomic E-state index is 0.287. The fourth-order valence-corrected chi connectivity index (χ4v) is 2.49. The molecule has 19 heavy (non-hydrogen) atoms. The van der Waals surface area contributed by atoms with Crippen LogP contribution in [0.2, 0.25) is 0 Å². The quantitative estimate of drug-likeness (QED) is 0.870. The molecule has 0 spiro atoms. The predicted octanol–water partition coefficient (Wildman–Crippen LogP) is 2.40. The van der Waals surface area contributed by atoms with Crippen LogP contribution < -0.4 is 5.32 Å². The summed E-state index contributed by atoms with van der Waals surface area (Å²) in [7, 11) is 0. The van der Waals surface area contributed by atoms with Gasteiger partial charge in [0.1, 0.15) is 17.3 Å². The molecular formula is C14H17N3O2. The molecule has 5 nitrogen and oxygen atoms in total. The summed E-state index contributed by atoms with van der Waals surface area (Å²) in [5, 5.41) is 21.4. The number of hydrogen-bond acceptors (Lipinski definition) is 4. The molecule has 1 fully saturated rings. The Balaban J connectivity index is 2.22. The number of nitrogens with one attached hydrogen (secondary N) is 1. The first-order chi connectivity index (χ1) is 9.05. The van der Waals surface area contributed by atoms with Crippen LogP contribution in [0.3, 0.4) is 0 Å². The fraction of sp³-hybridized carbons (Fsp3) is 0.500. The van der Waals surface area contributed by atoms with Crippen LogP contribution in [-0.2, 0) is 4.79 Å². The SMILES string of the molecule is CC1CCC(Nc2ccnc(C#N)c2)(C(=O)O)CC1. The van der Waals surface area contributed by atoms with E-state index in [0.29, 0.717) is 24.4 Å². The van der Waals surface area contributed by atoms with Gasteiger partial charge in [0.15, 0.2) is 0 Å². The van der Waals surface area contributed by atoms with Crippen molar-refractivity contribution in [1.29, 1.82) is 5.26 Å². The lowest BCUT2D eigenvalue weighted by molar-refractivity contribution is -0.143. The van der Waals surface area contributed by atoms with E-state index in [-0.39, 0.29) is 5.69 Å². The predicted molar refractivity (Wildman–Crippen MR) is 70.6 cm³/mol. The van der Waals surface area contributed by atoms with Gasteiger partial charge in [0.2, 0.25) is 0 Å². The number of carbonyl (C=O) groups is 1. The molecule has 0 unspecified atom stereocenters. The molecule has 100 valence electrons. The largest absolute Gasteiger partial charge is 0.480 e. The third-order valence-electron chi connectivity index (χ3n) is 3.80. The Morgan fingerprint density at radius 3 is 2.84 bits per heavy atom.